The number of rotatable bonds is 4. The van der Waals surface area contributed by atoms with Gasteiger partial charge in [-0.15, -0.1) is 6.58 Å². The average Bonchev–Trinajstić information content (AvgIpc) is 2.71. The van der Waals surface area contributed by atoms with Gasteiger partial charge in [0.25, 0.3) is 0 Å². The van der Waals surface area contributed by atoms with E-state index < -0.39 is 0 Å². The summed E-state index contributed by atoms with van der Waals surface area (Å²) in [6.45, 7) is 8.32. The first-order valence-corrected chi connectivity index (χ1v) is 6.17. The molecule has 0 aliphatic rings. The van der Waals surface area contributed by atoms with Crippen LogP contribution >= 0.6 is 11.6 Å². The first-order chi connectivity index (χ1) is 8.61. The summed E-state index contributed by atoms with van der Waals surface area (Å²) >= 11 is 6.16. The smallest absolute Gasteiger partial charge is 0.207 e. The number of anilines is 1. The van der Waals surface area contributed by atoms with E-state index in [4.69, 9.17) is 11.6 Å². The average molecular weight is 262 g/mol. The third kappa shape index (κ3) is 2.57. The van der Waals surface area contributed by atoms with Crippen molar-refractivity contribution in [3.8, 4) is 5.69 Å². The number of halogens is 1. The Morgan fingerprint density at radius 1 is 1.44 bits per heavy atom. The molecule has 1 aromatic heterocycles. The molecule has 94 valence electrons. The van der Waals surface area contributed by atoms with Crippen LogP contribution in [-0.4, -0.2) is 16.1 Å². The number of nitrogens with zero attached hydrogens (tertiary/aromatic N) is 2. The molecule has 1 aromatic carbocycles. The monoisotopic (exact) mass is 261 g/mol. The second-order valence-corrected chi connectivity index (χ2v) is 4.59. The molecule has 0 amide bonds. The van der Waals surface area contributed by atoms with Crippen LogP contribution in [0.25, 0.3) is 5.69 Å². The number of hydrogen-bond donors (Lipinski definition) is 1. The molecule has 1 heterocycles. The number of benzene rings is 1. The minimum absolute atomic E-state index is 0.677. The summed E-state index contributed by atoms with van der Waals surface area (Å²) in [7, 11) is 0. The maximum atomic E-state index is 6.16. The highest BCUT2D eigenvalue weighted by molar-refractivity contribution is 6.31. The summed E-state index contributed by atoms with van der Waals surface area (Å²) in [4.78, 5) is 4.44. The zero-order valence-corrected chi connectivity index (χ0v) is 11.3. The molecule has 0 radical (unpaired) electrons. The van der Waals surface area contributed by atoms with Crippen molar-refractivity contribution in [1.82, 2.24) is 9.55 Å². The van der Waals surface area contributed by atoms with Crippen molar-refractivity contribution < 1.29 is 0 Å². The van der Waals surface area contributed by atoms with Crippen molar-refractivity contribution in [3.63, 3.8) is 0 Å². The predicted octanol–water partition coefficient (Wildman–Crippen LogP) is 3.74. The van der Waals surface area contributed by atoms with Gasteiger partial charge >= 0.3 is 0 Å². The Hall–Kier alpha value is -1.74. The van der Waals surface area contributed by atoms with Crippen molar-refractivity contribution in [1.29, 1.82) is 0 Å². The number of hydrogen-bond acceptors (Lipinski definition) is 2. The molecule has 18 heavy (non-hydrogen) atoms. The molecule has 0 saturated heterocycles. The van der Waals surface area contributed by atoms with Crippen LogP contribution in [0.15, 0.2) is 37.1 Å². The van der Waals surface area contributed by atoms with Gasteiger partial charge in [0.2, 0.25) is 5.95 Å². The second-order valence-electron chi connectivity index (χ2n) is 4.18. The van der Waals surface area contributed by atoms with Crippen LogP contribution in [0.5, 0.6) is 0 Å². The molecule has 1 N–H and O–H groups in total. The Balaban J connectivity index is 2.42. The fraction of sp³-hybridized carbons (Fsp3) is 0.214. The van der Waals surface area contributed by atoms with E-state index >= 15 is 0 Å². The Morgan fingerprint density at radius 2 is 2.22 bits per heavy atom. The van der Waals surface area contributed by atoms with Crippen LogP contribution in [0, 0.1) is 13.8 Å². The van der Waals surface area contributed by atoms with Gasteiger partial charge < -0.3 is 5.32 Å². The molecule has 3 nitrogen and oxygen atoms in total. The van der Waals surface area contributed by atoms with E-state index in [2.05, 4.69) is 16.9 Å². The van der Waals surface area contributed by atoms with Gasteiger partial charge in [0.15, 0.2) is 0 Å². The zero-order chi connectivity index (χ0) is 13.1. The molecule has 0 saturated carbocycles. The van der Waals surface area contributed by atoms with Gasteiger partial charge in [-0.2, -0.15) is 0 Å². The lowest BCUT2D eigenvalue weighted by molar-refractivity contribution is 1.04. The lowest BCUT2D eigenvalue weighted by Crippen LogP contribution is -2.05. The van der Waals surface area contributed by atoms with Crippen molar-refractivity contribution in [2.45, 2.75) is 13.8 Å². The van der Waals surface area contributed by atoms with Crippen LogP contribution in [0.4, 0.5) is 5.95 Å². The van der Waals surface area contributed by atoms with E-state index in [-0.39, 0.29) is 0 Å². The number of imidazole rings is 1. The van der Waals surface area contributed by atoms with Crippen LogP contribution in [-0.2, 0) is 0 Å². The second kappa shape index (κ2) is 5.27. The highest BCUT2D eigenvalue weighted by atomic mass is 35.5. The van der Waals surface area contributed by atoms with Crippen LogP contribution in [0.1, 0.15) is 11.3 Å². The summed E-state index contributed by atoms with van der Waals surface area (Å²) < 4.78 is 1.99. The normalized spacial score (nSPS) is 10.4. The topological polar surface area (TPSA) is 29.9 Å². The number of aryl methyl sites for hydroxylation is 2. The molecule has 0 unspecified atom stereocenters. The lowest BCUT2D eigenvalue weighted by atomic mass is 10.2. The van der Waals surface area contributed by atoms with Gasteiger partial charge in [-0.25, -0.2) is 4.98 Å². The quantitative estimate of drug-likeness (QED) is 0.850. The van der Waals surface area contributed by atoms with Gasteiger partial charge in [-0.3, -0.25) is 4.57 Å². The van der Waals surface area contributed by atoms with Gasteiger partial charge in [-0.1, -0.05) is 23.7 Å². The van der Waals surface area contributed by atoms with Crippen LogP contribution < -0.4 is 5.32 Å². The molecule has 0 aliphatic heterocycles. The molecule has 2 aromatic rings. The molecule has 4 heteroatoms. The minimum Gasteiger partial charge on any atom is -0.352 e. The minimum atomic E-state index is 0.677. The van der Waals surface area contributed by atoms with E-state index in [0.29, 0.717) is 6.54 Å². The summed E-state index contributed by atoms with van der Waals surface area (Å²) in [5, 5.41) is 3.96. The summed E-state index contributed by atoms with van der Waals surface area (Å²) in [6, 6.07) is 5.98. The first-order valence-electron chi connectivity index (χ1n) is 5.79. The largest absolute Gasteiger partial charge is 0.352 e. The molecule has 0 bridgehead atoms. The first kappa shape index (κ1) is 12.7. The van der Waals surface area contributed by atoms with Crippen LogP contribution in [0.3, 0.4) is 0 Å². The molecule has 0 aliphatic carbocycles. The Labute approximate surface area is 112 Å². The van der Waals surface area contributed by atoms with E-state index in [9.17, 15) is 0 Å². The summed E-state index contributed by atoms with van der Waals surface area (Å²) in [5.74, 6) is 0.798. The maximum Gasteiger partial charge on any atom is 0.207 e. The number of aromatic nitrogens is 2. The predicted molar refractivity (Wildman–Crippen MR) is 76.7 cm³/mol. The molecular formula is C14H16ClN3. The Kier molecular flexibility index (Phi) is 3.72. The highest BCUT2D eigenvalue weighted by Crippen LogP contribution is 2.22. The van der Waals surface area contributed by atoms with Crippen molar-refractivity contribution >= 4 is 17.5 Å². The van der Waals surface area contributed by atoms with E-state index in [0.717, 1.165) is 27.9 Å². The summed E-state index contributed by atoms with van der Waals surface area (Å²) in [6.07, 6.45) is 3.78. The van der Waals surface area contributed by atoms with Crippen molar-refractivity contribution in [2.75, 3.05) is 11.9 Å². The lowest BCUT2D eigenvalue weighted by Gasteiger charge is -2.09. The van der Waals surface area contributed by atoms with Gasteiger partial charge in [-0.05, 0) is 31.5 Å². The van der Waals surface area contributed by atoms with Gasteiger partial charge in [0.1, 0.15) is 0 Å². The fourth-order valence-corrected chi connectivity index (χ4v) is 1.89. The van der Waals surface area contributed by atoms with E-state index in [1.165, 1.54) is 0 Å². The summed E-state index contributed by atoms with van der Waals surface area (Å²) in [5.41, 5.74) is 3.02. The molecule has 0 spiro atoms. The standard InChI is InChI=1S/C14H16ClN3/c1-4-7-16-14-17-11(3)9-18(14)12-6-5-10(2)13(15)8-12/h4-6,8-9H,1,7H2,2-3H3,(H,16,17). The number of nitrogens with one attached hydrogen (secondary N) is 1. The Morgan fingerprint density at radius 3 is 2.89 bits per heavy atom. The van der Waals surface area contributed by atoms with Crippen LogP contribution in [0.2, 0.25) is 5.02 Å². The zero-order valence-electron chi connectivity index (χ0n) is 10.6. The third-order valence-corrected chi connectivity index (χ3v) is 3.07. The van der Waals surface area contributed by atoms with Gasteiger partial charge in [0.05, 0.1) is 5.69 Å². The maximum absolute atomic E-state index is 6.16. The third-order valence-electron chi connectivity index (χ3n) is 2.66. The highest BCUT2D eigenvalue weighted by Gasteiger charge is 2.07. The fourth-order valence-electron chi connectivity index (χ4n) is 1.71. The van der Waals surface area contributed by atoms with E-state index in [1.54, 1.807) is 6.08 Å². The molecule has 0 fully saturated rings. The van der Waals surface area contributed by atoms with Gasteiger partial charge in [0, 0.05) is 23.5 Å². The van der Waals surface area contributed by atoms with E-state index in [1.807, 2.05) is 42.8 Å². The molecule has 0 atom stereocenters. The molecular weight excluding hydrogens is 246 g/mol. The van der Waals surface area contributed by atoms with Crippen molar-refractivity contribution in [3.05, 3.63) is 53.3 Å². The Bertz CT molecular complexity index is 572. The van der Waals surface area contributed by atoms with Crippen molar-refractivity contribution in [2.24, 2.45) is 0 Å². The SMILES string of the molecule is C=CCNc1nc(C)cn1-c1ccc(C)c(Cl)c1. The molecule has 2 rings (SSSR count).